The molecule has 0 spiro atoms. The molecule has 3 aromatic carbocycles. The lowest BCUT2D eigenvalue weighted by atomic mass is 9.84. The average Bonchev–Trinajstić information content (AvgIpc) is 3.18. The molecule has 0 aliphatic heterocycles. The highest BCUT2D eigenvalue weighted by molar-refractivity contribution is 5.85. The van der Waals surface area contributed by atoms with Gasteiger partial charge in [-0.05, 0) is 47.5 Å². The maximum atomic E-state index is 5.75. The SMILES string of the molecule is COc1ccc(OC)c(C(c2ccc(N(C)C)cc2)c2c[nH]c3ccccc23)c1. The summed E-state index contributed by atoms with van der Waals surface area (Å²) in [5, 5.41) is 1.21. The summed E-state index contributed by atoms with van der Waals surface area (Å²) in [5.41, 5.74) is 5.79. The van der Waals surface area contributed by atoms with Crippen molar-refractivity contribution >= 4 is 16.6 Å². The van der Waals surface area contributed by atoms with Gasteiger partial charge in [0.15, 0.2) is 0 Å². The first kappa shape index (κ1) is 18.9. The average molecular weight is 386 g/mol. The van der Waals surface area contributed by atoms with Crippen LogP contribution in [-0.4, -0.2) is 33.3 Å². The largest absolute Gasteiger partial charge is 0.497 e. The molecule has 1 unspecified atom stereocenters. The molecule has 4 heteroatoms. The molecule has 29 heavy (non-hydrogen) atoms. The van der Waals surface area contributed by atoms with Gasteiger partial charge in [0, 0.05) is 48.4 Å². The van der Waals surface area contributed by atoms with Crippen molar-refractivity contribution in [1.82, 2.24) is 4.98 Å². The van der Waals surface area contributed by atoms with E-state index in [-0.39, 0.29) is 5.92 Å². The lowest BCUT2D eigenvalue weighted by Crippen LogP contribution is -2.09. The van der Waals surface area contributed by atoms with E-state index in [4.69, 9.17) is 9.47 Å². The molecule has 0 amide bonds. The maximum Gasteiger partial charge on any atom is 0.123 e. The van der Waals surface area contributed by atoms with Gasteiger partial charge in [0.25, 0.3) is 0 Å². The Hall–Kier alpha value is -3.40. The van der Waals surface area contributed by atoms with Gasteiger partial charge in [-0.3, -0.25) is 0 Å². The topological polar surface area (TPSA) is 37.5 Å². The van der Waals surface area contributed by atoms with E-state index in [1.807, 2.05) is 12.1 Å². The number of anilines is 1. The minimum Gasteiger partial charge on any atom is -0.497 e. The molecule has 1 N–H and O–H groups in total. The molecule has 1 aromatic heterocycles. The fourth-order valence-corrected chi connectivity index (χ4v) is 3.89. The van der Waals surface area contributed by atoms with Crippen molar-refractivity contribution in [1.29, 1.82) is 0 Å². The van der Waals surface area contributed by atoms with Gasteiger partial charge in [0.1, 0.15) is 11.5 Å². The van der Waals surface area contributed by atoms with E-state index in [1.165, 1.54) is 22.2 Å². The van der Waals surface area contributed by atoms with E-state index >= 15 is 0 Å². The summed E-state index contributed by atoms with van der Waals surface area (Å²) in [7, 11) is 7.51. The van der Waals surface area contributed by atoms with Crippen molar-refractivity contribution < 1.29 is 9.47 Å². The molecule has 0 fully saturated rings. The van der Waals surface area contributed by atoms with Crippen LogP contribution in [-0.2, 0) is 0 Å². The number of para-hydroxylation sites is 1. The molecule has 0 aliphatic rings. The Morgan fingerprint density at radius 3 is 2.28 bits per heavy atom. The number of hydrogen-bond donors (Lipinski definition) is 1. The standard InChI is InChI=1S/C25H26N2O2/c1-27(2)18-11-9-17(10-12-18)25(21-15-19(28-3)13-14-24(21)29-4)22-16-26-23-8-6-5-7-20(22)23/h5-16,25-26H,1-4H3. The van der Waals surface area contributed by atoms with Crippen LogP contribution in [0.4, 0.5) is 5.69 Å². The summed E-state index contributed by atoms with van der Waals surface area (Å²) in [6.45, 7) is 0. The third-order valence-corrected chi connectivity index (χ3v) is 5.42. The Morgan fingerprint density at radius 1 is 0.828 bits per heavy atom. The number of nitrogens with zero attached hydrogens (tertiary/aromatic N) is 1. The molecule has 4 aromatic rings. The molecule has 0 saturated heterocycles. The van der Waals surface area contributed by atoms with Crippen LogP contribution in [0.25, 0.3) is 10.9 Å². The van der Waals surface area contributed by atoms with Crippen LogP contribution in [0, 0.1) is 0 Å². The van der Waals surface area contributed by atoms with E-state index in [0.29, 0.717) is 0 Å². The Morgan fingerprint density at radius 2 is 1.59 bits per heavy atom. The Kier molecular flexibility index (Phi) is 5.17. The number of methoxy groups -OCH3 is 2. The molecule has 4 nitrogen and oxygen atoms in total. The van der Waals surface area contributed by atoms with Crippen LogP contribution < -0.4 is 14.4 Å². The fraction of sp³-hybridized carbons (Fsp3) is 0.200. The van der Waals surface area contributed by atoms with Gasteiger partial charge in [-0.15, -0.1) is 0 Å². The zero-order valence-corrected chi connectivity index (χ0v) is 17.3. The van der Waals surface area contributed by atoms with Crippen LogP contribution in [0.5, 0.6) is 11.5 Å². The molecule has 0 bridgehead atoms. The second-order valence-electron chi connectivity index (χ2n) is 7.32. The van der Waals surface area contributed by atoms with Crippen LogP contribution in [0.1, 0.15) is 22.6 Å². The van der Waals surface area contributed by atoms with Gasteiger partial charge in [-0.25, -0.2) is 0 Å². The second-order valence-corrected chi connectivity index (χ2v) is 7.32. The van der Waals surface area contributed by atoms with Gasteiger partial charge in [0.05, 0.1) is 14.2 Å². The van der Waals surface area contributed by atoms with Gasteiger partial charge >= 0.3 is 0 Å². The molecule has 4 rings (SSSR count). The lowest BCUT2D eigenvalue weighted by Gasteiger charge is -2.22. The van der Waals surface area contributed by atoms with Crippen molar-refractivity contribution in [2.24, 2.45) is 0 Å². The summed E-state index contributed by atoms with van der Waals surface area (Å²) in [6.07, 6.45) is 2.11. The second kappa shape index (κ2) is 7.92. The highest BCUT2D eigenvalue weighted by atomic mass is 16.5. The van der Waals surface area contributed by atoms with E-state index in [9.17, 15) is 0 Å². The number of fused-ring (bicyclic) bond motifs is 1. The quantitative estimate of drug-likeness (QED) is 0.480. The first-order valence-electron chi connectivity index (χ1n) is 9.67. The van der Waals surface area contributed by atoms with E-state index in [0.717, 1.165) is 22.6 Å². The molecule has 1 atom stereocenters. The number of rotatable bonds is 6. The summed E-state index contributed by atoms with van der Waals surface area (Å²) in [5.74, 6) is 1.67. The molecular weight excluding hydrogens is 360 g/mol. The number of benzene rings is 3. The highest BCUT2D eigenvalue weighted by Crippen LogP contribution is 2.41. The van der Waals surface area contributed by atoms with Gasteiger partial charge in [-0.2, -0.15) is 0 Å². The predicted molar refractivity (Wildman–Crippen MR) is 120 cm³/mol. The molecule has 0 radical (unpaired) electrons. The number of H-pyrrole nitrogens is 1. The van der Waals surface area contributed by atoms with Crippen LogP contribution >= 0.6 is 0 Å². The Bertz CT molecular complexity index is 1110. The minimum absolute atomic E-state index is 0.00686. The van der Waals surface area contributed by atoms with E-state index in [1.54, 1.807) is 14.2 Å². The highest BCUT2D eigenvalue weighted by Gasteiger charge is 2.24. The summed E-state index contributed by atoms with van der Waals surface area (Å²) < 4.78 is 11.3. The summed E-state index contributed by atoms with van der Waals surface area (Å²) in [4.78, 5) is 5.53. The number of ether oxygens (including phenoxy) is 2. The molecule has 0 aliphatic carbocycles. The van der Waals surface area contributed by atoms with Gasteiger partial charge in [0.2, 0.25) is 0 Å². The zero-order valence-electron chi connectivity index (χ0n) is 17.3. The van der Waals surface area contributed by atoms with Crippen molar-refractivity contribution in [3.8, 4) is 11.5 Å². The lowest BCUT2D eigenvalue weighted by molar-refractivity contribution is 0.398. The van der Waals surface area contributed by atoms with Crippen molar-refractivity contribution in [2.75, 3.05) is 33.2 Å². The van der Waals surface area contributed by atoms with Crippen molar-refractivity contribution in [2.45, 2.75) is 5.92 Å². The third kappa shape index (κ3) is 3.54. The normalized spacial score (nSPS) is 12.0. The number of aromatic amines is 1. The van der Waals surface area contributed by atoms with Crippen LogP contribution in [0.2, 0.25) is 0 Å². The molecule has 148 valence electrons. The Labute approximate surface area is 171 Å². The van der Waals surface area contributed by atoms with Crippen LogP contribution in [0.15, 0.2) is 72.9 Å². The minimum atomic E-state index is 0.00686. The first-order chi connectivity index (χ1) is 14.1. The smallest absolute Gasteiger partial charge is 0.123 e. The molecular formula is C25H26N2O2. The van der Waals surface area contributed by atoms with Gasteiger partial charge in [-0.1, -0.05) is 30.3 Å². The molecule has 1 heterocycles. The third-order valence-electron chi connectivity index (χ3n) is 5.42. The summed E-state index contributed by atoms with van der Waals surface area (Å²) >= 11 is 0. The number of nitrogens with one attached hydrogen (secondary N) is 1. The van der Waals surface area contributed by atoms with E-state index in [2.05, 4.69) is 84.8 Å². The van der Waals surface area contributed by atoms with Gasteiger partial charge < -0.3 is 19.4 Å². The molecule has 0 saturated carbocycles. The monoisotopic (exact) mass is 386 g/mol. The maximum absolute atomic E-state index is 5.75. The van der Waals surface area contributed by atoms with Crippen molar-refractivity contribution in [3.05, 3.63) is 89.6 Å². The summed E-state index contributed by atoms with van der Waals surface area (Å²) in [6, 6.07) is 23.1. The Balaban J connectivity index is 1.95. The predicted octanol–water partition coefficient (Wildman–Crippen LogP) is 5.43. The zero-order chi connectivity index (χ0) is 20.4. The van der Waals surface area contributed by atoms with Crippen molar-refractivity contribution in [3.63, 3.8) is 0 Å². The number of aromatic nitrogens is 1. The first-order valence-corrected chi connectivity index (χ1v) is 9.67. The number of hydrogen-bond acceptors (Lipinski definition) is 3. The van der Waals surface area contributed by atoms with E-state index < -0.39 is 0 Å². The fourth-order valence-electron chi connectivity index (χ4n) is 3.89. The van der Waals surface area contributed by atoms with Crippen LogP contribution in [0.3, 0.4) is 0 Å².